The van der Waals surface area contributed by atoms with Gasteiger partial charge in [0.2, 0.25) is 0 Å². The molecule has 1 heteroatoms. The Hall–Kier alpha value is -5.66. The van der Waals surface area contributed by atoms with Gasteiger partial charge in [-0.2, -0.15) is 0 Å². The highest BCUT2D eigenvalue weighted by Crippen LogP contribution is 2.70. The van der Waals surface area contributed by atoms with E-state index in [-0.39, 0.29) is 5.41 Å². The lowest BCUT2D eigenvalue weighted by Gasteiger charge is -2.61. The molecule has 4 saturated carbocycles. The van der Waals surface area contributed by atoms with E-state index >= 15 is 0 Å². The Kier molecular flexibility index (Phi) is 5.59. The summed E-state index contributed by atoms with van der Waals surface area (Å²) in [5.74, 6) is 3.31. The monoisotopic (exact) mass is 678 g/mol. The lowest BCUT2D eigenvalue weighted by atomic mass is 9.43. The molecule has 5 aliphatic rings. The number of hydrogen-bond acceptors (Lipinski definition) is 1. The topological polar surface area (TPSA) is 13.1 Å². The van der Waals surface area contributed by atoms with Crippen LogP contribution in [0.15, 0.2) is 150 Å². The van der Waals surface area contributed by atoms with Crippen molar-refractivity contribution in [3.05, 3.63) is 157 Å². The molecule has 0 amide bonds. The first kappa shape index (κ1) is 28.9. The highest BCUT2D eigenvalue weighted by molar-refractivity contribution is 6.25. The van der Waals surface area contributed by atoms with Gasteiger partial charge in [-0.1, -0.05) is 127 Å². The molecule has 1 heterocycles. The molecule has 0 radical (unpaired) electrons. The van der Waals surface area contributed by atoms with E-state index in [1.165, 1.54) is 109 Å². The SMILES string of the molecule is c1ccc2c3c(ccc2c1)-c1cc(-c2c4ccccc4c(-c4cccc5oc6ccccc6c45)c4ccccc24)ccc1C31C2CC3CC(C2)CC1C3. The van der Waals surface area contributed by atoms with Gasteiger partial charge in [0.15, 0.2) is 0 Å². The van der Waals surface area contributed by atoms with Crippen LogP contribution in [0.3, 0.4) is 0 Å². The highest BCUT2D eigenvalue weighted by atomic mass is 16.3. The fourth-order valence-electron chi connectivity index (χ4n) is 12.8. The molecule has 252 valence electrons. The molecule has 0 aliphatic heterocycles. The molecule has 0 atom stereocenters. The van der Waals surface area contributed by atoms with Gasteiger partial charge in [-0.3, -0.25) is 0 Å². The minimum Gasteiger partial charge on any atom is -0.456 e. The minimum atomic E-state index is 0.123. The zero-order valence-corrected chi connectivity index (χ0v) is 29.6. The molecule has 0 unspecified atom stereocenters. The third-order valence-electron chi connectivity index (χ3n) is 14.4. The van der Waals surface area contributed by atoms with Crippen molar-refractivity contribution in [1.82, 2.24) is 0 Å². The number of para-hydroxylation sites is 1. The third kappa shape index (κ3) is 3.63. The third-order valence-corrected chi connectivity index (χ3v) is 14.4. The molecule has 53 heavy (non-hydrogen) atoms. The summed E-state index contributed by atoms with van der Waals surface area (Å²) in [6.07, 6.45) is 7.05. The normalized spacial score (nSPS) is 23.9. The predicted molar refractivity (Wildman–Crippen MR) is 220 cm³/mol. The van der Waals surface area contributed by atoms with E-state index in [0.29, 0.717) is 0 Å². The van der Waals surface area contributed by atoms with E-state index in [9.17, 15) is 0 Å². The van der Waals surface area contributed by atoms with Crippen LogP contribution in [0, 0.1) is 23.7 Å². The van der Waals surface area contributed by atoms with E-state index in [2.05, 4.69) is 146 Å². The molecule has 5 aliphatic carbocycles. The summed E-state index contributed by atoms with van der Waals surface area (Å²) in [7, 11) is 0. The van der Waals surface area contributed by atoms with Crippen LogP contribution in [0.4, 0.5) is 0 Å². The van der Waals surface area contributed by atoms with Crippen LogP contribution in [0.5, 0.6) is 0 Å². The molecular weight excluding hydrogens is 641 g/mol. The molecule has 14 rings (SSSR count). The Morgan fingerprint density at radius 2 is 1.04 bits per heavy atom. The Morgan fingerprint density at radius 3 is 1.75 bits per heavy atom. The van der Waals surface area contributed by atoms with Crippen LogP contribution in [-0.2, 0) is 5.41 Å². The molecule has 4 fully saturated rings. The smallest absolute Gasteiger partial charge is 0.136 e. The van der Waals surface area contributed by atoms with Crippen LogP contribution in [0.25, 0.3) is 87.6 Å². The first-order valence-electron chi connectivity index (χ1n) is 19.8. The van der Waals surface area contributed by atoms with E-state index in [1.54, 1.807) is 11.1 Å². The van der Waals surface area contributed by atoms with Crippen molar-refractivity contribution < 1.29 is 4.42 Å². The molecule has 8 aromatic carbocycles. The van der Waals surface area contributed by atoms with E-state index in [4.69, 9.17) is 4.42 Å². The maximum absolute atomic E-state index is 6.41. The van der Waals surface area contributed by atoms with Crippen LogP contribution >= 0.6 is 0 Å². The Balaban J connectivity index is 1.10. The van der Waals surface area contributed by atoms with Gasteiger partial charge in [-0.15, -0.1) is 0 Å². The van der Waals surface area contributed by atoms with Gasteiger partial charge in [-0.05, 0) is 151 Å². The van der Waals surface area contributed by atoms with Crippen molar-refractivity contribution >= 4 is 54.3 Å². The Labute approximate surface area is 308 Å². The molecule has 1 nitrogen and oxygen atoms in total. The fraction of sp³-hybridized carbons (Fsp3) is 0.192. The first-order valence-corrected chi connectivity index (χ1v) is 19.8. The second-order valence-corrected chi connectivity index (χ2v) is 16.8. The van der Waals surface area contributed by atoms with Crippen molar-refractivity contribution in [1.29, 1.82) is 0 Å². The number of fused-ring (bicyclic) bond motifs is 10. The highest BCUT2D eigenvalue weighted by Gasteiger charge is 2.62. The summed E-state index contributed by atoms with van der Waals surface area (Å²) in [4.78, 5) is 0. The van der Waals surface area contributed by atoms with Gasteiger partial charge in [-0.25, -0.2) is 0 Å². The van der Waals surface area contributed by atoms with Gasteiger partial charge >= 0.3 is 0 Å². The van der Waals surface area contributed by atoms with Crippen LogP contribution < -0.4 is 0 Å². The summed E-state index contributed by atoms with van der Waals surface area (Å²) in [6.45, 7) is 0. The van der Waals surface area contributed by atoms with E-state index in [0.717, 1.165) is 34.8 Å². The lowest BCUT2D eigenvalue weighted by molar-refractivity contribution is -0.0393. The molecular formula is C52H38O. The maximum Gasteiger partial charge on any atom is 0.136 e. The van der Waals surface area contributed by atoms with Gasteiger partial charge < -0.3 is 4.42 Å². The largest absolute Gasteiger partial charge is 0.456 e. The molecule has 1 aromatic heterocycles. The van der Waals surface area contributed by atoms with Crippen molar-refractivity contribution in [3.8, 4) is 33.4 Å². The van der Waals surface area contributed by atoms with Gasteiger partial charge in [0, 0.05) is 16.2 Å². The van der Waals surface area contributed by atoms with E-state index in [1.807, 2.05) is 0 Å². The summed E-state index contributed by atoms with van der Waals surface area (Å²) < 4.78 is 6.41. The van der Waals surface area contributed by atoms with Crippen molar-refractivity contribution in [2.45, 2.75) is 37.5 Å². The lowest BCUT2D eigenvalue weighted by Crippen LogP contribution is -2.55. The fourth-order valence-corrected chi connectivity index (χ4v) is 12.8. The van der Waals surface area contributed by atoms with Crippen molar-refractivity contribution in [2.24, 2.45) is 23.7 Å². The van der Waals surface area contributed by atoms with E-state index < -0.39 is 0 Å². The second-order valence-electron chi connectivity index (χ2n) is 16.8. The van der Waals surface area contributed by atoms with Crippen LogP contribution in [0.1, 0.15) is 43.2 Å². The zero-order valence-electron chi connectivity index (χ0n) is 29.6. The quantitative estimate of drug-likeness (QED) is 0.166. The molecule has 4 bridgehead atoms. The summed E-state index contributed by atoms with van der Waals surface area (Å²) in [5.41, 5.74) is 13.4. The van der Waals surface area contributed by atoms with Crippen molar-refractivity contribution in [3.63, 3.8) is 0 Å². The molecule has 1 spiro atoms. The van der Waals surface area contributed by atoms with Crippen molar-refractivity contribution in [2.75, 3.05) is 0 Å². The summed E-state index contributed by atoms with van der Waals surface area (Å²) >= 11 is 0. The standard InChI is InChI=1S/C52H38O/c1-2-11-36-32(10-1)20-22-41-44-29-33(21-23-45(44)52(51(36)41)34-25-30-24-31(27-34)28-35(52)26-30)48-37-12-3-5-14-39(37)49(40-15-6-4-13-38(40)48)43-17-9-19-47-50(43)42-16-7-8-18-46(42)53-47/h1-23,29-31,34-35H,24-28H2. The second kappa shape index (κ2) is 10.3. The summed E-state index contributed by atoms with van der Waals surface area (Å²) in [6, 6.07) is 55.0. The first-order chi connectivity index (χ1) is 26.3. The van der Waals surface area contributed by atoms with Gasteiger partial charge in [0.25, 0.3) is 0 Å². The van der Waals surface area contributed by atoms with Crippen LogP contribution in [0.2, 0.25) is 0 Å². The zero-order chi connectivity index (χ0) is 34.4. The van der Waals surface area contributed by atoms with Crippen LogP contribution in [-0.4, -0.2) is 0 Å². The average molecular weight is 679 g/mol. The number of hydrogen-bond donors (Lipinski definition) is 0. The van der Waals surface area contributed by atoms with Gasteiger partial charge in [0.1, 0.15) is 11.2 Å². The summed E-state index contributed by atoms with van der Waals surface area (Å²) in [5, 5.41) is 10.4. The Morgan fingerprint density at radius 1 is 0.434 bits per heavy atom. The molecule has 0 saturated heterocycles. The average Bonchev–Trinajstić information content (AvgIpc) is 3.73. The van der Waals surface area contributed by atoms with Gasteiger partial charge in [0.05, 0.1) is 0 Å². The number of rotatable bonds is 2. The Bertz CT molecular complexity index is 2940. The molecule has 9 aromatic rings. The number of benzene rings is 8. The maximum atomic E-state index is 6.41. The minimum absolute atomic E-state index is 0.123. The number of furan rings is 1. The predicted octanol–water partition coefficient (Wildman–Crippen LogP) is 14.1. The molecule has 0 N–H and O–H groups in total.